The molecule has 0 spiro atoms. The molecule has 0 bridgehead atoms. The quantitative estimate of drug-likeness (QED) is 0.369. The minimum atomic E-state index is 0. The van der Waals surface area contributed by atoms with Gasteiger partial charge in [0.15, 0.2) is 0 Å². The third kappa shape index (κ3) is 6.88. The van der Waals surface area contributed by atoms with E-state index in [9.17, 15) is 0 Å². The van der Waals surface area contributed by atoms with Crippen LogP contribution < -0.4 is 10.1 Å². The number of nitrogens with one attached hydrogen (secondary N) is 1. The lowest BCUT2D eigenvalue weighted by Gasteiger charge is -2.13. The summed E-state index contributed by atoms with van der Waals surface area (Å²) in [5.74, 6) is 0.804. The summed E-state index contributed by atoms with van der Waals surface area (Å²) in [5, 5.41) is 5.59. The first kappa shape index (κ1) is 22.9. The first-order chi connectivity index (χ1) is 13.1. The molecule has 148 valence electrons. The highest BCUT2D eigenvalue weighted by Gasteiger charge is 2.07. The summed E-state index contributed by atoms with van der Waals surface area (Å²) in [6, 6.07) is 21.3. The Morgan fingerprint density at radius 2 is 1.50 bits per heavy atom. The van der Waals surface area contributed by atoms with Crippen LogP contribution in [0.25, 0.3) is 0 Å². The van der Waals surface area contributed by atoms with E-state index in [0.29, 0.717) is 23.2 Å². The SMILES string of the molecule is Cl.Clc1ccc(CCNCc2cc(Cl)ccc2OCc2ccccc2Cl)cc1. The molecule has 0 aromatic heterocycles. The van der Waals surface area contributed by atoms with Gasteiger partial charge in [-0.05, 0) is 54.9 Å². The smallest absolute Gasteiger partial charge is 0.124 e. The Balaban J connectivity index is 0.00000280. The van der Waals surface area contributed by atoms with Crippen LogP contribution in [0.1, 0.15) is 16.7 Å². The summed E-state index contributed by atoms with van der Waals surface area (Å²) in [5.41, 5.74) is 3.22. The Kier molecular flexibility index (Phi) is 9.43. The van der Waals surface area contributed by atoms with Gasteiger partial charge in [-0.1, -0.05) is 65.1 Å². The molecule has 28 heavy (non-hydrogen) atoms. The molecule has 0 saturated carbocycles. The summed E-state index contributed by atoms with van der Waals surface area (Å²) in [7, 11) is 0. The van der Waals surface area contributed by atoms with Gasteiger partial charge in [-0.2, -0.15) is 0 Å². The van der Waals surface area contributed by atoms with E-state index in [1.807, 2.05) is 66.7 Å². The summed E-state index contributed by atoms with van der Waals surface area (Å²) >= 11 is 18.3. The highest BCUT2D eigenvalue weighted by atomic mass is 35.5. The summed E-state index contributed by atoms with van der Waals surface area (Å²) in [4.78, 5) is 0. The van der Waals surface area contributed by atoms with Gasteiger partial charge in [-0.15, -0.1) is 12.4 Å². The van der Waals surface area contributed by atoms with Crippen molar-refractivity contribution in [2.45, 2.75) is 19.6 Å². The number of benzene rings is 3. The van der Waals surface area contributed by atoms with Crippen molar-refractivity contribution in [3.63, 3.8) is 0 Å². The largest absolute Gasteiger partial charge is 0.489 e. The van der Waals surface area contributed by atoms with Gasteiger partial charge in [0.1, 0.15) is 12.4 Å². The van der Waals surface area contributed by atoms with Crippen molar-refractivity contribution in [2.75, 3.05) is 6.54 Å². The second kappa shape index (κ2) is 11.5. The molecule has 2 nitrogen and oxygen atoms in total. The molecular weight excluding hydrogens is 436 g/mol. The van der Waals surface area contributed by atoms with Gasteiger partial charge in [-0.25, -0.2) is 0 Å². The molecule has 0 heterocycles. The van der Waals surface area contributed by atoms with Gasteiger partial charge in [-0.3, -0.25) is 0 Å². The topological polar surface area (TPSA) is 21.3 Å². The van der Waals surface area contributed by atoms with E-state index in [1.165, 1.54) is 5.56 Å². The van der Waals surface area contributed by atoms with Crippen LogP contribution in [0.15, 0.2) is 66.7 Å². The highest BCUT2D eigenvalue weighted by Crippen LogP contribution is 2.25. The Morgan fingerprint density at radius 1 is 0.786 bits per heavy atom. The van der Waals surface area contributed by atoms with Crippen LogP contribution in [0.2, 0.25) is 15.1 Å². The van der Waals surface area contributed by atoms with Gasteiger partial charge in [0, 0.05) is 32.7 Å². The van der Waals surface area contributed by atoms with Crippen LogP contribution in [0.3, 0.4) is 0 Å². The summed E-state index contributed by atoms with van der Waals surface area (Å²) in [6.45, 7) is 1.93. The average molecular weight is 457 g/mol. The molecule has 3 aromatic rings. The summed E-state index contributed by atoms with van der Waals surface area (Å²) < 4.78 is 5.99. The first-order valence-corrected chi connectivity index (χ1v) is 9.85. The monoisotopic (exact) mass is 455 g/mol. The third-order valence-electron chi connectivity index (χ3n) is 4.18. The lowest BCUT2D eigenvalue weighted by molar-refractivity contribution is 0.302. The number of hydrogen-bond acceptors (Lipinski definition) is 2. The third-order valence-corrected chi connectivity index (χ3v) is 5.04. The van der Waals surface area contributed by atoms with Crippen LogP contribution in [-0.4, -0.2) is 6.54 Å². The minimum Gasteiger partial charge on any atom is -0.489 e. The molecule has 0 aliphatic heterocycles. The predicted octanol–water partition coefficient (Wildman–Crippen LogP) is 6.98. The van der Waals surface area contributed by atoms with E-state index in [0.717, 1.165) is 34.9 Å². The first-order valence-electron chi connectivity index (χ1n) is 8.71. The van der Waals surface area contributed by atoms with Crippen LogP contribution >= 0.6 is 47.2 Å². The van der Waals surface area contributed by atoms with E-state index >= 15 is 0 Å². The summed E-state index contributed by atoms with van der Waals surface area (Å²) in [6.07, 6.45) is 0.924. The predicted molar refractivity (Wildman–Crippen MR) is 121 cm³/mol. The Hall–Kier alpha value is -1.42. The Labute approximate surface area is 187 Å². The lowest BCUT2D eigenvalue weighted by Crippen LogP contribution is -2.17. The van der Waals surface area contributed by atoms with E-state index in [-0.39, 0.29) is 12.4 Å². The zero-order valence-electron chi connectivity index (χ0n) is 15.1. The minimum absolute atomic E-state index is 0. The molecule has 0 atom stereocenters. The number of ether oxygens (including phenoxy) is 1. The molecule has 0 saturated heterocycles. The van der Waals surface area contributed by atoms with Gasteiger partial charge >= 0.3 is 0 Å². The van der Waals surface area contributed by atoms with E-state index in [1.54, 1.807) is 0 Å². The normalized spacial score (nSPS) is 10.4. The van der Waals surface area contributed by atoms with E-state index in [4.69, 9.17) is 39.5 Å². The molecule has 0 unspecified atom stereocenters. The molecule has 0 aliphatic carbocycles. The number of hydrogen-bond donors (Lipinski definition) is 1. The standard InChI is InChI=1S/C22H20Cl3NO.ClH/c23-19-7-5-16(6-8-19)11-12-26-14-18-13-20(24)9-10-22(18)27-15-17-3-1-2-4-21(17)25;/h1-10,13,26H,11-12,14-15H2;1H. The van der Waals surface area contributed by atoms with Gasteiger partial charge in [0.05, 0.1) is 0 Å². The lowest BCUT2D eigenvalue weighted by atomic mass is 10.1. The fourth-order valence-corrected chi connectivity index (χ4v) is 3.22. The average Bonchev–Trinajstić information content (AvgIpc) is 2.67. The molecule has 6 heteroatoms. The van der Waals surface area contributed by atoms with Crippen molar-refractivity contribution in [2.24, 2.45) is 0 Å². The fourth-order valence-electron chi connectivity index (χ4n) is 2.70. The fraction of sp³-hybridized carbons (Fsp3) is 0.182. The van der Waals surface area contributed by atoms with Gasteiger partial charge in [0.25, 0.3) is 0 Å². The van der Waals surface area contributed by atoms with Crippen LogP contribution in [0.4, 0.5) is 0 Å². The second-order valence-electron chi connectivity index (χ2n) is 6.19. The van der Waals surface area contributed by atoms with Crippen molar-refractivity contribution in [3.05, 3.63) is 98.5 Å². The van der Waals surface area contributed by atoms with Gasteiger partial charge in [0.2, 0.25) is 0 Å². The van der Waals surface area contributed by atoms with Crippen LogP contribution in [0.5, 0.6) is 5.75 Å². The molecule has 0 fully saturated rings. The number of halogens is 4. The van der Waals surface area contributed by atoms with Crippen molar-refractivity contribution in [1.29, 1.82) is 0 Å². The zero-order chi connectivity index (χ0) is 19.1. The molecule has 3 aromatic carbocycles. The van der Waals surface area contributed by atoms with Crippen molar-refractivity contribution >= 4 is 47.2 Å². The maximum Gasteiger partial charge on any atom is 0.124 e. The van der Waals surface area contributed by atoms with E-state index in [2.05, 4.69) is 5.32 Å². The maximum absolute atomic E-state index is 6.20. The maximum atomic E-state index is 6.20. The molecule has 1 N–H and O–H groups in total. The molecular formula is C22H21Cl4NO. The number of rotatable bonds is 8. The van der Waals surface area contributed by atoms with Crippen molar-refractivity contribution < 1.29 is 4.74 Å². The molecule has 0 radical (unpaired) electrons. The molecule has 0 aliphatic rings. The van der Waals surface area contributed by atoms with E-state index < -0.39 is 0 Å². The van der Waals surface area contributed by atoms with Crippen LogP contribution in [-0.2, 0) is 19.6 Å². The molecule has 0 amide bonds. The zero-order valence-corrected chi connectivity index (χ0v) is 18.2. The van der Waals surface area contributed by atoms with Crippen molar-refractivity contribution in [3.8, 4) is 5.75 Å². The second-order valence-corrected chi connectivity index (χ2v) is 7.47. The van der Waals surface area contributed by atoms with Crippen LogP contribution in [0, 0.1) is 0 Å². The van der Waals surface area contributed by atoms with Gasteiger partial charge < -0.3 is 10.1 Å². The Morgan fingerprint density at radius 3 is 2.25 bits per heavy atom. The van der Waals surface area contributed by atoms with Crippen molar-refractivity contribution in [1.82, 2.24) is 5.32 Å². The molecule has 3 rings (SSSR count). The highest BCUT2D eigenvalue weighted by molar-refractivity contribution is 6.31. The Bertz CT molecular complexity index is 884.